The topological polar surface area (TPSA) is 43.4 Å². The minimum atomic E-state index is -0.402. The summed E-state index contributed by atoms with van der Waals surface area (Å²) in [7, 11) is 0. The summed E-state index contributed by atoms with van der Waals surface area (Å²) >= 11 is 1.81. The maximum absolute atomic E-state index is 12.7. The SMILES string of the molecule is O=C(CSOSCC(=O)c1ccc(F)cc1)c1ccc(F)cc1. The fourth-order valence-corrected chi connectivity index (χ4v) is 2.83. The fraction of sp³-hybridized carbons (Fsp3) is 0.125. The van der Waals surface area contributed by atoms with Crippen molar-refractivity contribution >= 4 is 35.7 Å². The van der Waals surface area contributed by atoms with Crippen molar-refractivity contribution in [1.82, 2.24) is 0 Å². The second-order valence-corrected chi connectivity index (χ2v) is 6.05. The zero-order chi connectivity index (χ0) is 16.7. The summed E-state index contributed by atoms with van der Waals surface area (Å²) in [6.07, 6.45) is 0. The van der Waals surface area contributed by atoms with Crippen LogP contribution in [0.15, 0.2) is 48.5 Å². The molecule has 0 amide bonds. The quantitative estimate of drug-likeness (QED) is 0.401. The highest BCUT2D eigenvalue weighted by Gasteiger charge is 2.09. The molecule has 120 valence electrons. The number of ketones is 2. The van der Waals surface area contributed by atoms with Crippen LogP contribution in [0.4, 0.5) is 8.78 Å². The zero-order valence-corrected chi connectivity index (χ0v) is 13.5. The molecule has 0 spiro atoms. The Morgan fingerprint density at radius 2 is 1.09 bits per heavy atom. The molecule has 0 N–H and O–H groups in total. The first-order valence-electron chi connectivity index (χ1n) is 6.55. The van der Waals surface area contributed by atoms with Crippen LogP contribution in [0.3, 0.4) is 0 Å². The molecular weight excluding hydrogens is 342 g/mol. The van der Waals surface area contributed by atoms with Crippen LogP contribution in [0.5, 0.6) is 0 Å². The molecule has 2 aromatic carbocycles. The standard InChI is InChI=1S/C16H12F2O3S2/c17-13-5-1-11(2-6-13)15(19)9-22-21-23-10-16(20)12-3-7-14(18)8-4-12/h1-8H,9-10H2. The maximum Gasteiger partial charge on any atom is 0.175 e. The number of Topliss-reactive ketones (excluding diaryl/α,β-unsaturated/α-hetero) is 2. The molecule has 0 aliphatic rings. The molecule has 0 radical (unpaired) electrons. The molecule has 2 rings (SSSR count). The van der Waals surface area contributed by atoms with Crippen molar-refractivity contribution < 1.29 is 22.0 Å². The van der Waals surface area contributed by atoms with Crippen molar-refractivity contribution in [2.45, 2.75) is 0 Å². The fourth-order valence-electron chi connectivity index (χ4n) is 1.63. The average molecular weight is 354 g/mol. The summed E-state index contributed by atoms with van der Waals surface area (Å²) in [6.45, 7) is 0. The van der Waals surface area contributed by atoms with E-state index in [-0.39, 0.29) is 23.1 Å². The van der Waals surface area contributed by atoms with Gasteiger partial charge in [0.1, 0.15) is 11.6 Å². The monoisotopic (exact) mass is 354 g/mol. The van der Waals surface area contributed by atoms with Gasteiger partial charge >= 0.3 is 0 Å². The van der Waals surface area contributed by atoms with Crippen LogP contribution in [0.2, 0.25) is 0 Å². The first-order chi connectivity index (χ1) is 11.1. The van der Waals surface area contributed by atoms with E-state index >= 15 is 0 Å². The van der Waals surface area contributed by atoms with Crippen molar-refractivity contribution in [3.8, 4) is 0 Å². The normalized spacial score (nSPS) is 10.5. The Morgan fingerprint density at radius 3 is 1.43 bits per heavy atom. The molecule has 0 aliphatic carbocycles. The smallest absolute Gasteiger partial charge is 0.175 e. The lowest BCUT2D eigenvalue weighted by Crippen LogP contribution is -2.04. The van der Waals surface area contributed by atoms with E-state index in [9.17, 15) is 18.4 Å². The first kappa shape index (κ1) is 17.7. The summed E-state index contributed by atoms with van der Waals surface area (Å²) in [6, 6.07) is 10.5. The van der Waals surface area contributed by atoms with Gasteiger partial charge in [-0.2, -0.15) is 0 Å². The molecule has 7 heteroatoms. The molecular formula is C16H12F2O3S2. The van der Waals surface area contributed by atoms with E-state index in [0.717, 1.165) is 24.1 Å². The lowest BCUT2D eigenvalue weighted by atomic mass is 10.1. The van der Waals surface area contributed by atoms with Gasteiger partial charge in [0.05, 0.1) is 11.5 Å². The maximum atomic E-state index is 12.7. The number of rotatable bonds is 8. The Bertz CT molecular complexity index is 613. The number of halogens is 2. The van der Waals surface area contributed by atoms with Crippen molar-refractivity contribution in [2.75, 3.05) is 11.5 Å². The van der Waals surface area contributed by atoms with Gasteiger partial charge in [0.25, 0.3) is 0 Å². The van der Waals surface area contributed by atoms with Gasteiger partial charge in [-0.15, -0.1) is 0 Å². The van der Waals surface area contributed by atoms with Crippen LogP contribution in [0.25, 0.3) is 0 Å². The lowest BCUT2D eigenvalue weighted by molar-refractivity contribution is 0.101. The number of hydrogen-bond donors (Lipinski definition) is 0. The minimum Gasteiger partial charge on any atom is -0.293 e. The summed E-state index contributed by atoms with van der Waals surface area (Å²) in [5, 5.41) is 0. The molecule has 0 aromatic heterocycles. The van der Waals surface area contributed by atoms with Gasteiger partial charge in [0, 0.05) is 35.2 Å². The highest BCUT2D eigenvalue weighted by Crippen LogP contribution is 2.18. The molecule has 3 nitrogen and oxygen atoms in total. The van der Waals surface area contributed by atoms with Crippen LogP contribution in [0.1, 0.15) is 20.7 Å². The number of benzene rings is 2. The van der Waals surface area contributed by atoms with Crippen molar-refractivity contribution in [3.05, 3.63) is 71.3 Å². The first-order valence-corrected chi connectivity index (χ1v) is 8.37. The van der Waals surface area contributed by atoms with Crippen LogP contribution in [-0.4, -0.2) is 23.1 Å². The van der Waals surface area contributed by atoms with Gasteiger partial charge in [-0.1, -0.05) is 0 Å². The Kier molecular flexibility index (Phi) is 6.76. The van der Waals surface area contributed by atoms with E-state index in [4.69, 9.17) is 3.63 Å². The Labute approximate surface area is 140 Å². The van der Waals surface area contributed by atoms with Crippen molar-refractivity contribution in [3.63, 3.8) is 0 Å². The Balaban J connectivity index is 1.67. The van der Waals surface area contributed by atoms with E-state index < -0.39 is 11.6 Å². The molecule has 23 heavy (non-hydrogen) atoms. The number of hydrogen-bond acceptors (Lipinski definition) is 5. The lowest BCUT2D eigenvalue weighted by Gasteiger charge is -2.02. The van der Waals surface area contributed by atoms with E-state index in [1.807, 2.05) is 0 Å². The third kappa shape index (κ3) is 5.78. The molecule has 0 heterocycles. The highest BCUT2D eigenvalue weighted by atomic mass is 32.2. The Morgan fingerprint density at radius 1 is 0.739 bits per heavy atom. The van der Waals surface area contributed by atoms with Gasteiger partial charge < -0.3 is 0 Å². The van der Waals surface area contributed by atoms with Gasteiger partial charge in [0.2, 0.25) is 0 Å². The van der Waals surface area contributed by atoms with Crippen LogP contribution < -0.4 is 0 Å². The van der Waals surface area contributed by atoms with Crippen LogP contribution in [0, 0.1) is 11.6 Å². The van der Waals surface area contributed by atoms with Gasteiger partial charge in [-0.3, -0.25) is 9.59 Å². The predicted octanol–water partition coefficient (Wildman–Crippen LogP) is 4.34. The summed E-state index contributed by atoms with van der Waals surface area (Å²) < 4.78 is 30.6. The minimum absolute atomic E-state index is 0.0589. The van der Waals surface area contributed by atoms with Crippen molar-refractivity contribution in [1.29, 1.82) is 0 Å². The molecule has 0 aliphatic heterocycles. The molecule has 0 saturated carbocycles. The molecule has 0 unspecified atom stereocenters. The summed E-state index contributed by atoms with van der Waals surface area (Å²) in [5.41, 5.74) is 0.796. The van der Waals surface area contributed by atoms with E-state index in [0.29, 0.717) is 11.1 Å². The number of carbonyl (C=O) groups is 2. The predicted molar refractivity (Wildman–Crippen MR) is 87.5 cm³/mol. The van der Waals surface area contributed by atoms with E-state index in [1.54, 1.807) is 0 Å². The second kappa shape index (κ2) is 8.81. The number of carbonyl (C=O) groups excluding carboxylic acids is 2. The highest BCUT2D eigenvalue weighted by molar-refractivity contribution is 8.08. The second-order valence-electron chi connectivity index (χ2n) is 4.45. The Hall–Kier alpha value is -1.70. The third-order valence-electron chi connectivity index (χ3n) is 2.81. The molecule has 0 saturated heterocycles. The van der Waals surface area contributed by atoms with E-state index in [1.165, 1.54) is 48.5 Å². The van der Waals surface area contributed by atoms with Gasteiger partial charge in [-0.25, -0.2) is 12.4 Å². The zero-order valence-electron chi connectivity index (χ0n) is 11.8. The molecule has 0 bridgehead atoms. The summed E-state index contributed by atoms with van der Waals surface area (Å²) in [5.74, 6) is -1.08. The van der Waals surface area contributed by atoms with Gasteiger partial charge in [0.15, 0.2) is 11.6 Å². The summed E-state index contributed by atoms with van der Waals surface area (Å²) in [4.78, 5) is 23.5. The average Bonchev–Trinajstić information content (AvgIpc) is 2.55. The third-order valence-corrected chi connectivity index (χ3v) is 4.34. The molecule has 2 aromatic rings. The largest absolute Gasteiger partial charge is 0.293 e. The van der Waals surface area contributed by atoms with Gasteiger partial charge in [-0.05, 0) is 48.5 Å². The molecule has 0 atom stereocenters. The molecule has 0 fully saturated rings. The van der Waals surface area contributed by atoms with E-state index in [2.05, 4.69) is 0 Å². The van der Waals surface area contributed by atoms with Crippen LogP contribution in [-0.2, 0) is 3.63 Å². The van der Waals surface area contributed by atoms with Crippen LogP contribution >= 0.6 is 24.1 Å². The van der Waals surface area contributed by atoms with Crippen molar-refractivity contribution in [2.24, 2.45) is 0 Å².